The first kappa shape index (κ1) is 16.6. The third kappa shape index (κ3) is 4.01. The highest BCUT2D eigenvalue weighted by atomic mass is 31.2. The lowest BCUT2D eigenvalue weighted by molar-refractivity contribution is -0.120. The van der Waals surface area contributed by atoms with Gasteiger partial charge < -0.3 is 9.05 Å². The number of unbranched alkanes of at least 4 members (excludes halogenated alkanes) is 2. The van der Waals surface area contributed by atoms with E-state index in [4.69, 9.17) is 9.05 Å². The van der Waals surface area contributed by atoms with Crippen LogP contribution in [0.15, 0.2) is 12.2 Å². The normalized spacial score (nSPS) is 17.2. The molecule has 0 atom stereocenters. The molecule has 0 N–H and O–H groups in total. The molecule has 1 aliphatic carbocycles. The fourth-order valence-electron chi connectivity index (χ4n) is 2.31. The van der Waals surface area contributed by atoms with E-state index in [2.05, 4.69) is 13.5 Å². The first-order valence-corrected chi connectivity index (χ1v) is 8.59. The van der Waals surface area contributed by atoms with Crippen LogP contribution in [-0.2, 0) is 18.4 Å². The fourth-order valence-corrected chi connectivity index (χ4v) is 3.37. The summed E-state index contributed by atoms with van der Waals surface area (Å²) in [6.07, 6.45) is 5.75. The standard InChI is InChI=1S/C14H25O4P/c1-5-6-7-8-12(2)14(9-10-14)13(15)11-19(16,17-3)18-4/h2,5-11H2,1,3-4H3. The summed E-state index contributed by atoms with van der Waals surface area (Å²) < 4.78 is 21.7. The van der Waals surface area contributed by atoms with E-state index in [0.717, 1.165) is 44.1 Å². The number of rotatable bonds is 10. The lowest BCUT2D eigenvalue weighted by Gasteiger charge is -2.20. The molecule has 0 radical (unpaired) electrons. The maximum atomic E-state index is 12.3. The number of ketones is 1. The van der Waals surface area contributed by atoms with Crippen molar-refractivity contribution < 1.29 is 18.4 Å². The summed E-state index contributed by atoms with van der Waals surface area (Å²) >= 11 is 0. The number of Topliss-reactive ketones (excluding diaryl/α,β-unsaturated/α-hetero) is 1. The van der Waals surface area contributed by atoms with Crippen LogP contribution in [0, 0.1) is 5.41 Å². The van der Waals surface area contributed by atoms with Crippen LogP contribution in [0.3, 0.4) is 0 Å². The van der Waals surface area contributed by atoms with Crippen molar-refractivity contribution in [1.29, 1.82) is 0 Å². The third-order valence-electron chi connectivity index (χ3n) is 3.94. The Balaban J connectivity index is 2.60. The summed E-state index contributed by atoms with van der Waals surface area (Å²) in [6.45, 7) is 6.22. The van der Waals surface area contributed by atoms with Gasteiger partial charge in [-0.1, -0.05) is 31.9 Å². The Kier molecular flexibility index (Phi) is 5.97. The van der Waals surface area contributed by atoms with Gasteiger partial charge in [-0.2, -0.15) is 0 Å². The minimum absolute atomic E-state index is 0.0407. The van der Waals surface area contributed by atoms with Crippen LogP contribution in [0.1, 0.15) is 45.4 Å². The Labute approximate surface area is 116 Å². The van der Waals surface area contributed by atoms with Crippen LogP contribution in [0.25, 0.3) is 0 Å². The Morgan fingerprint density at radius 1 is 1.26 bits per heavy atom. The number of allylic oxidation sites excluding steroid dienone is 1. The van der Waals surface area contributed by atoms with Gasteiger partial charge in [0.2, 0.25) is 0 Å². The molecule has 1 saturated carbocycles. The van der Waals surface area contributed by atoms with Gasteiger partial charge in [-0.25, -0.2) is 0 Å². The molecular weight excluding hydrogens is 263 g/mol. The summed E-state index contributed by atoms with van der Waals surface area (Å²) in [5.74, 6) is -0.0407. The quantitative estimate of drug-likeness (QED) is 0.347. The van der Waals surface area contributed by atoms with E-state index in [9.17, 15) is 9.36 Å². The van der Waals surface area contributed by atoms with Gasteiger partial charge in [0.05, 0.1) is 5.41 Å². The molecule has 0 unspecified atom stereocenters. The van der Waals surface area contributed by atoms with Crippen molar-refractivity contribution >= 4 is 13.4 Å². The first-order valence-electron chi connectivity index (χ1n) is 6.86. The maximum absolute atomic E-state index is 12.3. The summed E-state index contributed by atoms with van der Waals surface area (Å²) in [5, 5.41) is 0. The van der Waals surface area contributed by atoms with Crippen molar-refractivity contribution in [3.8, 4) is 0 Å². The average Bonchev–Trinajstić information content (AvgIpc) is 3.20. The van der Waals surface area contributed by atoms with Gasteiger partial charge >= 0.3 is 7.60 Å². The van der Waals surface area contributed by atoms with E-state index >= 15 is 0 Å². The van der Waals surface area contributed by atoms with E-state index in [1.165, 1.54) is 14.2 Å². The Morgan fingerprint density at radius 2 is 1.84 bits per heavy atom. The molecule has 1 fully saturated rings. The molecule has 0 heterocycles. The van der Waals surface area contributed by atoms with Crippen molar-refractivity contribution in [2.24, 2.45) is 5.41 Å². The van der Waals surface area contributed by atoms with Crippen LogP contribution in [-0.4, -0.2) is 26.2 Å². The van der Waals surface area contributed by atoms with Crippen LogP contribution >= 0.6 is 7.60 Å². The predicted molar refractivity (Wildman–Crippen MR) is 76.4 cm³/mol. The molecule has 5 heteroatoms. The SMILES string of the molecule is C=C(CCCCC)C1(C(=O)CP(=O)(OC)OC)CC1. The molecular formula is C14H25O4P. The predicted octanol–water partition coefficient (Wildman–Crippen LogP) is 3.96. The molecule has 19 heavy (non-hydrogen) atoms. The minimum Gasteiger partial charge on any atom is -0.312 e. The van der Waals surface area contributed by atoms with Crippen LogP contribution in [0.4, 0.5) is 0 Å². The minimum atomic E-state index is -3.26. The monoisotopic (exact) mass is 288 g/mol. The lowest BCUT2D eigenvalue weighted by Crippen LogP contribution is -2.22. The van der Waals surface area contributed by atoms with Crippen molar-refractivity contribution in [2.45, 2.75) is 45.4 Å². The van der Waals surface area contributed by atoms with Gasteiger partial charge in [-0.05, 0) is 25.7 Å². The second kappa shape index (κ2) is 6.83. The zero-order chi connectivity index (χ0) is 14.5. The Bertz CT molecular complexity index is 377. The van der Waals surface area contributed by atoms with Crippen LogP contribution in [0.2, 0.25) is 0 Å². The van der Waals surface area contributed by atoms with Crippen molar-refractivity contribution in [3.63, 3.8) is 0 Å². The van der Waals surface area contributed by atoms with Crippen LogP contribution < -0.4 is 0 Å². The van der Waals surface area contributed by atoms with Gasteiger partial charge in [0.25, 0.3) is 0 Å². The highest BCUT2D eigenvalue weighted by molar-refractivity contribution is 7.54. The molecule has 1 aliphatic rings. The molecule has 4 nitrogen and oxygen atoms in total. The number of carbonyl (C=O) groups excluding carboxylic acids is 1. The largest absolute Gasteiger partial charge is 0.337 e. The zero-order valence-electron chi connectivity index (χ0n) is 12.2. The number of carbonyl (C=O) groups is 1. The second-order valence-corrected chi connectivity index (χ2v) is 7.47. The van der Waals surface area contributed by atoms with E-state index in [1.807, 2.05) is 0 Å². The first-order chi connectivity index (χ1) is 8.94. The number of hydrogen-bond acceptors (Lipinski definition) is 4. The highest BCUT2D eigenvalue weighted by Gasteiger charge is 2.52. The lowest BCUT2D eigenvalue weighted by atomic mass is 9.89. The van der Waals surface area contributed by atoms with Crippen molar-refractivity contribution in [1.82, 2.24) is 0 Å². The summed E-state index contributed by atoms with van der Waals surface area (Å²) in [5.41, 5.74) is 0.546. The second-order valence-electron chi connectivity index (χ2n) is 5.20. The van der Waals surface area contributed by atoms with Crippen molar-refractivity contribution in [3.05, 3.63) is 12.2 Å². The molecule has 0 saturated heterocycles. The van der Waals surface area contributed by atoms with E-state index in [1.54, 1.807) is 0 Å². The molecule has 0 aliphatic heterocycles. The topological polar surface area (TPSA) is 52.6 Å². The average molecular weight is 288 g/mol. The molecule has 0 amide bonds. The maximum Gasteiger partial charge on any atom is 0.337 e. The summed E-state index contributed by atoms with van der Waals surface area (Å²) in [4.78, 5) is 12.3. The molecule has 0 spiro atoms. The fraction of sp³-hybridized carbons (Fsp3) is 0.786. The van der Waals surface area contributed by atoms with Gasteiger partial charge in [-0.15, -0.1) is 0 Å². The summed E-state index contributed by atoms with van der Waals surface area (Å²) in [6, 6.07) is 0. The highest BCUT2D eigenvalue weighted by Crippen LogP contribution is 2.57. The van der Waals surface area contributed by atoms with Crippen LogP contribution in [0.5, 0.6) is 0 Å². The van der Waals surface area contributed by atoms with Gasteiger partial charge in [0, 0.05) is 14.2 Å². The molecule has 0 aromatic rings. The zero-order valence-corrected chi connectivity index (χ0v) is 13.1. The molecule has 110 valence electrons. The van der Waals surface area contributed by atoms with Gasteiger partial charge in [-0.3, -0.25) is 9.36 Å². The summed E-state index contributed by atoms with van der Waals surface area (Å²) in [7, 11) is -0.630. The Morgan fingerprint density at radius 3 is 2.26 bits per heavy atom. The van der Waals surface area contributed by atoms with Gasteiger partial charge in [0.1, 0.15) is 6.16 Å². The smallest absolute Gasteiger partial charge is 0.312 e. The Hall–Kier alpha value is -0.440. The van der Waals surface area contributed by atoms with E-state index < -0.39 is 13.0 Å². The van der Waals surface area contributed by atoms with Gasteiger partial charge in [0.15, 0.2) is 5.78 Å². The van der Waals surface area contributed by atoms with E-state index in [0.29, 0.717) is 0 Å². The molecule has 0 bridgehead atoms. The molecule has 0 aromatic heterocycles. The van der Waals surface area contributed by atoms with Crippen molar-refractivity contribution in [2.75, 3.05) is 20.4 Å². The third-order valence-corrected chi connectivity index (χ3v) is 5.72. The molecule has 0 aromatic carbocycles. The number of hydrogen-bond donors (Lipinski definition) is 0. The van der Waals surface area contributed by atoms with E-state index in [-0.39, 0.29) is 11.9 Å². The molecule has 1 rings (SSSR count).